The van der Waals surface area contributed by atoms with Crippen molar-refractivity contribution in [2.24, 2.45) is 11.5 Å². The number of unbranched alkanes of at least 4 members (excludes halogenated alkanes) is 1. The molecule has 1 aliphatic heterocycles. The van der Waals surface area contributed by atoms with Gasteiger partial charge in [0.25, 0.3) is 0 Å². The zero-order chi connectivity index (χ0) is 40.3. The van der Waals surface area contributed by atoms with Crippen molar-refractivity contribution < 1.29 is 14.4 Å². The van der Waals surface area contributed by atoms with Gasteiger partial charge in [-0.3, -0.25) is 14.4 Å². The first kappa shape index (κ1) is 41.4. The Balaban J connectivity index is 1.47. The number of H-pyrrole nitrogens is 1. The number of aromatic nitrogens is 2. The minimum atomic E-state index is -0.955. The third kappa shape index (κ3) is 10.0. The highest BCUT2D eigenvalue weighted by Crippen LogP contribution is 2.41. The lowest BCUT2D eigenvalue weighted by atomic mass is 9.98. The topological polar surface area (TPSA) is 195 Å². The molecule has 57 heavy (non-hydrogen) atoms. The number of para-hydroxylation sites is 1. The number of pyridine rings is 1. The van der Waals surface area contributed by atoms with Crippen LogP contribution in [0.4, 0.5) is 0 Å². The van der Waals surface area contributed by atoms with Crippen LogP contribution in [0.2, 0.25) is 5.02 Å². The third-order valence-corrected chi connectivity index (χ3v) is 12.0. The van der Waals surface area contributed by atoms with E-state index < -0.39 is 18.1 Å². The number of nitrogens with two attached hydrogens (primary N) is 2. The molecular formula is C43H48ClN9O3S. The summed E-state index contributed by atoms with van der Waals surface area (Å²) in [7, 11) is 1.62. The average Bonchev–Trinajstić information content (AvgIpc) is 3.64. The maximum absolute atomic E-state index is 14.7. The lowest BCUT2D eigenvalue weighted by Gasteiger charge is -2.32. The number of likely N-dealkylation sites (N-methyl/N-ethyl adjacent to an activating group) is 1. The van der Waals surface area contributed by atoms with Crippen molar-refractivity contribution in [2.75, 3.05) is 20.1 Å². The SMILES string of the molecule is CN1C(=O)[C@H](CCCCN)NC(=O)[C@H](CCCN)NCc2cccnc2Sc2c(Cl)ccc(-c3ccc(C#N)cc3)c2CNC(=O)[C@@H]1Cc1c[nH]c2ccccc12. The Hall–Kier alpha value is -5.23. The number of nitrogens with one attached hydrogen (secondary N) is 4. The molecule has 12 nitrogen and oxygen atoms in total. The summed E-state index contributed by atoms with van der Waals surface area (Å²) in [5, 5.41) is 21.2. The number of halogens is 1. The number of hydrogen-bond donors (Lipinski definition) is 6. The second kappa shape index (κ2) is 19.8. The molecule has 1 aliphatic rings. The maximum Gasteiger partial charge on any atom is 0.245 e. The van der Waals surface area contributed by atoms with Crippen molar-refractivity contribution in [2.45, 2.75) is 79.7 Å². The Morgan fingerprint density at radius 2 is 1.68 bits per heavy atom. The quantitative estimate of drug-likeness (QED) is 0.100. The van der Waals surface area contributed by atoms with Gasteiger partial charge < -0.3 is 37.3 Å². The van der Waals surface area contributed by atoms with E-state index in [9.17, 15) is 19.6 Å². The molecule has 3 heterocycles. The molecular weight excluding hydrogens is 758 g/mol. The van der Waals surface area contributed by atoms with Crippen LogP contribution >= 0.6 is 23.4 Å². The predicted molar refractivity (Wildman–Crippen MR) is 224 cm³/mol. The van der Waals surface area contributed by atoms with Crippen LogP contribution in [-0.2, 0) is 33.9 Å². The van der Waals surface area contributed by atoms with E-state index in [1.165, 1.54) is 16.7 Å². The number of nitrogens with zero attached hydrogens (tertiary/aromatic N) is 3. The fraction of sp³-hybridized carbons (Fsp3) is 0.326. The summed E-state index contributed by atoms with van der Waals surface area (Å²) in [6.45, 7) is 1.21. The van der Waals surface area contributed by atoms with Gasteiger partial charge in [0.15, 0.2) is 0 Å². The Morgan fingerprint density at radius 1 is 0.912 bits per heavy atom. The van der Waals surface area contributed by atoms with Crippen molar-refractivity contribution >= 4 is 52.0 Å². The van der Waals surface area contributed by atoms with E-state index in [4.69, 9.17) is 28.1 Å². The van der Waals surface area contributed by atoms with Crippen LogP contribution in [0.25, 0.3) is 22.0 Å². The minimum Gasteiger partial charge on any atom is -0.361 e. The Kier molecular flexibility index (Phi) is 14.4. The smallest absolute Gasteiger partial charge is 0.245 e. The van der Waals surface area contributed by atoms with E-state index in [0.29, 0.717) is 72.2 Å². The second-order valence-corrected chi connectivity index (χ2v) is 15.5. The Bertz CT molecular complexity index is 2240. The molecule has 3 amide bonds. The standard InChI is InChI=1S/C43H48ClN9O3S/c1-53-38(22-30-25-49-35-10-3-2-9-32(30)35)41(55)51-26-33-31(28-15-13-27(23-47)14-16-28)17-18-34(44)39(33)57-42-29(8-7-21-48-42)24-50-36(12-6-20-46)40(54)52-37(43(53)56)11-4-5-19-45/h2-3,7-10,13-18,21,25,36-38,49-50H,4-6,11-12,19-20,22,24,26,45-46H2,1H3,(H,51,55)(H,52,54)/t36-,37-,38-/m0/s1. The van der Waals surface area contributed by atoms with Crippen LogP contribution < -0.4 is 27.4 Å². The number of aromatic amines is 1. The monoisotopic (exact) mass is 805 g/mol. The van der Waals surface area contributed by atoms with E-state index in [2.05, 4.69) is 27.0 Å². The molecule has 6 rings (SSSR count). The lowest BCUT2D eigenvalue weighted by Crippen LogP contribution is -2.57. The van der Waals surface area contributed by atoms with E-state index in [1.807, 2.05) is 66.9 Å². The first-order chi connectivity index (χ1) is 27.7. The number of nitriles is 1. The van der Waals surface area contributed by atoms with E-state index >= 15 is 0 Å². The number of hydrogen-bond acceptors (Lipinski definition) is 9. The van der Waals surface area contributed by atoms with Crippen molar-refractivity contribution in [3.05, 3.63) is 112 Å². The van der Waals surface area contributed by atoms with Gasteiger partial charge in [-0.2, -0.15) is 5.26 Å². The number of fused-ring (bicyclic) bond motifs is 3. The molecule has 2 aromatic heterocycles. The van der Waals surface area contributed by atoms with Crippen LogP contribution in [0.5, 0.6) is 0 Å². The van der Waals surface area contributed by atoms with Crippen LogP contribution in [-0.4, -0.2) is 70.9 Å². The summed E-state index contributed by atoms with van der Waals surface area (Å²) in [4.78, 5) is 53.5. The number of benzene rings is 3. The largest absolute Gasteiger partial charge is 0.361 e. The third-order valence-electron chi connectivity index (χ3n) is 10.3. The molecule has 5 aromatic rings. The van der Waals surface area contributed by atoms with Crippen molar-refractivity contribution in [1.29, 1.82) is 5.26 Å². The molecule has 0 aliphatic carbocycles. The van der Waals surface area contributed by atoms with Gasteiger partial charge in [-0.1, -0.05) is 65.8 Å². The Labute approximate surface area is 342 Å². The van der Waals surface area contributed by atoms with Crippen LogP contribution in [0, 0.1) is 11.3 Å². The molecule has 8 N–H and O–H groups in total. The van der Waals surface area contributed by atoms with Gasteiger partial charge in [-0.25, -0.2) is 4.98 Å². The van der Waals surface area contributed by atoms with Crippen molar-refractivity contribution in [3.63, 3.8) is 0 Å². The summed E-state index contributed by atoms with van der Waals surface area (Å²) in [6.07, 6.45) is 6.43. The Morgan fingerprint density at radius 3 is 2.46 bits per heavy atom. The van der Waals surface area contributed by atoms with Gasteiger partial charge in [0, 0.05) is 54.8 Å². The minimum absolute atomic E-state index is 0.0712. The second-order valence-electron chi connectivity index (χ2n) is 14.1. The normalized spacial score (nSPS) is 18.3. The van der Waals surface area contributed by atoms with Crippen molar-refractivity contribution in [1.82, 2.24) is 30.8 Å². The van der Waals surface area contributed by atoms with Crippen LogP contribution in [0.15, 0.2) is 95.1 Å². The summed E-state index contributed by atoms with van der Waals surface area (Å²) in [6, 6.07) is 22.2. The van der Waals surface area contributed by atoms with Crippen LogP contribution in [0.1, 0.15) is 54.4 Å². The highest BCUT2D eigenvalue weighted by molar-refractivity contribution is 7.99. The predicted octanol–water partition coefficient (Wildman–Crippen LogP) is 5.42. The number of amides is 3. The van der Waals surface area contributed by atoms with Gasteiger partial charge in [0.1, 0.15) is 17.1 Å². The van der Waals surface area contributed by atoms with Gasteiger partial charge in [-0.15, -0.1) is 0 Å². The summed E-state index contributed by atoms with van der Waals surface area (Å²) in [5.74, 6) is -1.09. The molecule has 0 saturated heterocycles. The maximum atomic E-state index is 14.7. The zero-order valence-electron chi connectivity index (χ0n) is 31.9. The van der Waals surface area contributed by atoms with E-state index in [0.717, 1.165) is 38.7 Å². The fourth-order valence-corrected chi connectivity index (χ4v) is 8.48. The molecule has 0 bridgehead atoms. The summed E-state index contributed by atoms with van der Waals surface area (Å²) >= 11 is 8.39. The molecule has 0 saturated carbocycles. The molecule has 0 spiro atoms. The molecule has 14 heteroatoms. The van der Waals surface area contributed by atoms with E-state index in [-0.39, 0.29) is 30.7 Å². The molecule has 3 atom stereocenters. The number of carbonyl (C=O) groups is 3. The molecule has 296 valence electrons. The van der Waals surface area contributed by atoms with E-state index in [1.54, 1.807) is 25.4 Å². The summed E-state index contributed by atoms with van der Waals surface area (Å²) in [5.41, 5.74) is 17.3. The molecule has 0 fully saturated rings. The van der Waals surface area contributed by atoms with Gasteiger partial charge >= 0.3 is 0 Å². The van der Waals surface area contributed by atoms with Crippen LogP contribution in [0.3, 0.4) is 0 Å². The highest BCUT2D eigenvalue weighted by Gasteiger charge is 2.34. The highest BCUT2D eigenvalue weighted by atomic mass is 35.5. The molecule has 3 aromatic carbocycles. The number of rotatable bonds is 10. The molecule has 0 radical (unpaired) electrons. The summed E-state index contributed by atoms with van der Waals surface area (Å²) < 4.78 is 0. The first-order valence-electron chi connectivity index (χ1n) is 19.2. The van der Waals surface area contributed by atoms with Gasteiger partial charge in [-0.05, 0) is 103 Å². The van der Waals surface area contributed by atoms with Crippen molar-refractivity contribution in [3.8, 4) is 17.2 Å². The molecule has 0 unspecified atom stereocenters. The van der Waals surface area contributed by atoms with Gasteiger partial charge in [0.2, 0.25) is 17.7 Å². The zero-order valence-corrected chi connectivity index (χ0v) is 33.5. The average molecular weight is 806 g/mol. The lowest BCUT2D eigenvalue weighted by molar-refractivity contribution is -0.142. The fourth-order valence-electron chi connectivity index (χ4n) is 7.14. The van der Waals surface area contributed by atoms with Gasteiger partial charge in [0.05, 0.1) is 22.7 Å². The first-order valence-corrected chi connectivity index (χ1v) is 20.4. The number of carbonyl (C=O) groups excluding carboxylic acids is 3.